The smallest absolute Gasteiger partial charge is 0.303 e. The zero-order chi connectivity index (χ0) is 10.6. The number of rotatable bonds is 5. The quantitative estimate of drug-likeness (QED) is 0.665. The van der Waals surface area contributed by atoms with Crippen molar-refractivity contribution in [1.29, 1.82) is 0 Å². The molecule has 3 heteroatoms. The molecule has 0 aliphatic heterocycles. The van der Waals surface area contributed by atoms with Gasteiger partial charge in [-0.2, -0.15) is 0 Å². The van der Waals surface area contributed by atoms with Crippen LogP contribution in [0.4, 0.5) is 0 Å². The van der Waals surface area contributed by atoms with Gasteiger partial charge in [0, 0.05) is 12.5 Å². The molecule has 0 bridgehead atoms. The number of aliphatic carboxylic acids is 1. The van der Waals surface area contributed by atoms with E-state index in [0.717, 1.165) is 24.8 Å². The van der Waals surface area contributed by atoms with E-state index in [9.17, 15) is 4.79 Å². The minimum Gasteiger partial charge on any atom is -0.481 e. The topological polar surface area (TPSA) is 49.3 Å². The number of carboxylic acids is 1. The summed E-state index contributed by atoms with van der Waals surface area (Å²) in [4.78, 5) is 10.3. The fourth-order valence-electron chi connectivity index (χ4n) is 2.18. The van der Waals surface area contributed by atoms with Crippen molar-refractivity contribution in [1.82, 2.24) is 5.32 Å². The molecule has 1 rings (SSSR count). The second kappa shape index (κ2) is 5.35. The molecule has 3 nitrogen and oxygen atoms in total. The Hall–Kier alpha value is -0.570. The Morgan fingerprint density at radius 2 is 2.14 bits per heavy atom. The highest BCUT2D eigenvalue weighted by atomic mass is 16.4. The second-order valence-electron chi connectivity index (χ2n) is 4.47. The lowest BCUT2D eigenvalue weighted by atomic mass is 9.98. The van der Waals surface area contributed by atoms with Gasteiger partial charge in [-0.05, 0) is 37.6 Å². The normalized spacial score (nSPS) is 32.0. The lowest BCUT2D eigenvalue weighted by Crippen LogP contribution is -2.33. The summed E-state index contributed by atoms with van der Waals surface area (Å²) in [5.74, 6) is 0.853. The summed E-state index contributed by atoms with van der Waals surface area (Å²) in [6, 6.07) is 0.610. The van der Waals surface area contributed by atoms with Gasteiger partial charge in [0.25, 0.3) is 0 Å². The van der Waals surface area contributed by atoms with Gasteiger partial charge in [-0.25, -0.2) is 0 Å². The Balaban J connectivity index is 2.10. The van der Waals surface area contributed by atoms with E-state index in [2.05, 4.69) is 19.2 Å². The average Bonchev–Trinajstić information content (AvgIpc) is 2.43. The molecule has 0 aromatic carbocycles. The number of nitrogens with one attached hydrogen (secondary N) is 1. The fraction of sp³-hybridized carbons (Fsp3) is 0.909. The molecule has 14 heavy (non-hydrogen) atoms. The van der Waals surface area contributed by atoms with Crippen LogP contribution in [0.3, 0.4) is 0 Å². The summed E-state index contributed by atoms with van der Waals surface area (Å²) in [6.07, 6.45) is 3.57. The van der Waals surface area contributed by atoms with Gasteiger partial charge in [-0.1, -0.05) is 13.8 Å². The third-order valence-electron chi connectivity index (χ3n) is 3.44. The molecule has 3 unspecified atom stereocenters. The average molecular weight is 199 g/mol. The Morgan fingerprint density at radius 3 is 2.64 bits per heavy atom. The van der Waals surface area contributed by atoms with Crippen LogP contribution in [0.5, 0.6) is 0 Å². The summed E-state index contributed by atoms with van der Waals surface area (Å²) in [7, 11) is 0. The summed E-state index contributed by atoms with van der Waals surface area (Å²) in [5.41, 5.74) is 0. The van der Waals surface area contributed by atoms with Gasteiger partial charge in [0.2, 0.25) is 0 Å². The molecule has 0 aromatic rings. The summed E-state index contributed by atoms with van der Waals surface area (Å²) in [5, 5.41) is 11.9. The van der Waals surface area contributed by atoms with Gasteiger partial charge in [-0.3, -0.25) is 4.79 Å². The Kier molecular flexibility index (Phi) is 4.39. The molecular weight excluding hydrogens is 178 g/mol. The molecule has 1 saturated carbocycles. The Labute approximate surface area is 85.9 Å². The molecule has 0 saturated heterocycles. The first kappa shape index (κ1) is 11.5. The van der Waals surface area contributed by atoms with Crippen molar-refractivity contribution in [2.45, 2.75) is 45.6 Å². The van der Waals surface area contributed by atoms with Gasteiger partial charge < -0.3 is 10.4 Å². The molecule has 82 valence electrons. The molecule has 1 aliphatic rings. The maximum atomic E-state index is 10.3. The molecule has 0 aromatic heterocycles. The predicted molar refractivity (Wildman–Crippen MR) is 56.2 cm³/mol. The zero-order valence-electron chi connectivity index (χ0n) is 9.12. The molecule has 0 spiro atoms. The summed E-state index contributed by atoms with van der Waals surface area (Å²) < 4.78 is 0. The fourth-order valence-corrected chi connectivity index (χ4v) is 2.18. The Morgan fingerprint density at radius 1 is 1.43 bits per heavy atom. The first-order valence-electron chi connectivity index (χ1n) is 5.56. The first-order valence-corrected chi connectivity index (χ1v) is 5.56. The standard InChI is InChI=1S/C11H21NO2/c1-8-5-6-10(9(8)2)12-7-3-4-11(13)14/h8-10,12H,3-7H2,1-2H3,(H,13,14). The van der Waals surface area contributed by atoms with Gasteiger partial charge >= 0.3 is 5.97 Å². The molecule has 2 N–H and O–H groups in total. The highest BCUT2D eigenvalue weighted by Gasteiger charge is 2.28. The maximum absolute atomic E-state index is 10.3. The third-order valence-corrected chi connectivity index (χ3v) is 3.44. The van der Waals surface area contributed by atoms with E-state index in [4.69, 9.17) is 5.11 Å². The summed E-state index contributed by atoms with van der Waals surface area (Å²) in [6.45, 7) is 5.42. The van der Waals surface area contributed by atoms with Crippen molar-refractivity contribution in [2.75, 3.05) is 6.54 Å². The van der Waals surface area contributed by atoms with E-state index in [1.807, 2.05) is 0 Å². The number of hydrogen-bond donors (Lipinski definition) is 2. The van der Waals surface area contributed by atoms with Gasteiger partial charge in [-0.15, -0.1) is 0 Å². The lowest BCUT2D eigenvalue weighted by Gasteiger charge is -2.19. The van der Waals surface area contributed by atoms with Crippen molar-refractivity contribution in [3.63, 3.8) is 0 Å². The lowest BCUT2D eigenvalue weighted by molar-refractivity contribution is -0.137. The molecule has 0 amide bonds. The molecule has 0 heterocycles. The van der Waals surface area contributed by atoms with Crippen LogP contribution in [0.1, 0.15) is 39.5 Å². The van der Waals surface area contributed by atoms with Crippen LogP contribution in [0.25, 0.3) is 0 Å². The summed E-state index contributed by atoms with van der Waals surface area (Å²) >= 11 is 0. The monoisotopic (exact) mass is 199 g/mol. The minimum absolute atomic E-state index is 0.281. The molecule has 1 fully saturated rings. The SMILES string of the molecule is CC1CCC(NCCCC(=O)O)C1C. The maximum Gasteiger partial charge on any atom is 0.303 e. The largest absolute Gasteiger partial charge is 0.481 e. The van der Waals surface area contributed by atoms with Crippen LogP contribution in [0.2, 0.25) is 0 Å². The molecular formula is C11H21NO2. The van der Waals surface area contributed by atoms with E-state index in [-0.39, 0.29) is 6.42 Å². The minimum atomic E-state index is -0.695. The van der Waals surface area contributed by atoms with E-state index < -0.39 is 5.97 Å². The van der Waals surface area contributed by atoms with Crippen LogP contribution in [0.15, 0.2) is 0 Å². The van der Waals surface area contributed by atoms with Crippen molar-refractivity contribution < 1.29 is 9.90 Å². The van der Waals surface area contributed by atoms with E-state index in [1.54, 1.807) is 0 Å². The number of carbonyl (C=O) groups is 1. The predicted octanol–water partition coefficient (Wildman–Crippen LogP) is 1.88. The molecule has 3 atom stereocenters. The second-order valence-corrected chi connectivity index (χ2v) is 4.47. The van der Waals surface area contributed by atoms with Gasteiger partial charge in [0.15, 0.2) is 0 Å². The van der Waals surface area contributed by atoms with E-state index in [0.29, 0.717) is 6.04 Å². The highest BCUT2D eigenvalue weighted by molar-refractivity contribution is 5.66. The van der Waals surface area contributed by atoms with Crippen LogP contribution < -0.4 is 5.32 Å². The van der Waals surface area contributed by atoms with E-state index in [1.165, 1.54) is 12.8 Å². The van der Waals surface area contributed by atoms with Crippen LogP contribution in [-0.4, -0.2) is 23.7 Å². The first-order chi connectivity index (χ1) is 6.61. The number of hydrogen-bond acceptors (Lipinski definition) is 2. The molecule has 1 aliphatic carbocycles. The van der Waals surface area contributed by atoms with Crippen molar-refractivity contribution in [3.8, 4) is 0 Å². The van der Waals surface area contributed by atoms with Crippen LogP contribution >= 0.6 is 0 Å². The number of carboxylic acid groups (broad SMARTS) is 1. The van der Waals surface area contributed by atoms with Gasteiger partial charge in [0.1, 0.15) is 0 Å². The Bertz CT molecular complexity index is 194. The van der Waals surface area contributed by atoms with Crippen LogP contribution in [-0.2, 0) is 4.79 Å². The van der Waals surface area contributed by atoms with Crippen molar-refractivity contribution in [2.24, 2.45) is 11.8 Å². The molecule has 0 radical (unpaired) electrons. The highest BCUT2D eigenvalue weighted by Crippen LogP contribution is 2.30. The van der Waals surface area contributed by atoms with Crippen molar-refractivity contribution in [3.05, 3.63) is 0 Å². The van der Waals surface area contributed by atoms with Gasteiger partial charge in [0.05, 0.1) is 0 Å². The van der Waals surface area contributed by atoms with Crippen LogP contribution in [0, 0.1) is 11.8 Å². The third kappa shape index (κ3) is 3.29. The van der Waals surface area contributed by atoms with E-state index >= 15 is 0 Å². The zero-order valence-corrected chi connectivity index (χ0v) is 9.12. The van der Waals surface area contributed by atoms with Crippen molar-refractivity contribution >= 4 is 5.97 Å².